The van der Waals surface area contributed by atoms with E-state index < -0.39 is 29.5 Å². The van der Waals surface area contributed by atoms with Crippen LogP contribution >= 0.6 is 15.9 Å². The van der Waals surface area contributed by atoms with Crippen molar-refractivity contribution < 1.29 is 22.8 Å². The van der Waals surface area contributed by atoms with Crippen LogP contribution in [0.5, 0.6) is 0 Å². The summed E-state index contributed by atoms with van der Waals surface area (Å²) in [6.07, 6.45) is 0.256. The van der Waals surface area contributed by atoms with Crippen molar-refractivity contribution >= 4 is 27.7 Å². The van der Waals surface area contributed by atoms with Gasteiger partial charge in [0, 0.05) is 0 Å². The van der Waals surface area contributed by atoms with E-state index in [1.807, 2.05) is 0 Å². The average Bonchev–Trinajstić information content (AvgIpc) is 3.12. The lowest BCUT2D eigenvalue weighted by Gasteiger charge is -2.20. The lowest BCUT2D eigenvalue weighted by molar-refractivity contribution is -0.120. The van der Waals surface area contributed by atoms with Gasteiger partial charge in [-0.15, -0.1) is 0 Å². The van der Waals surface area contributed by atoms with E-state index in [0.717, 1.165) is 0 Å². The van der Waals surface area contributed by atoms with Crippen LogP contribution in [-0.2, 0) is 11.2 Å². The summed E-state index contributed by atoms with van der Waals surface area (Å²) in [6, 6.07) is 14.2. The number of hydrogen-bond donors (Lipinski definition) is 2. The van der Waals surface area contributed by atoms with Crippen LogP contribution in [-0.4, -0.2) is 18.4 Å². The SMILES string of the molecule is O=C(CNC(=O)c1ccc(Br)o1)N[C@H](Cc1cccc(F)c1)c1cccc(F)c1. The highest BCUT2D eigenvalue weighted by molar-refractivity contribution is 9.10. The van der Waals surface area contributed by atoms with Gasteiger partial charge in [0.1, 0.15) is 11.6 Å². The first kappa shape index (κ1) is 20.7. The first-order valence-electron chi connectivity index (χ1n) is 8.73. The van der Waals surface area contributed by atoms with Crippen LogP contribution in [0, 0.1) is 11.6 Å². The second kappa shape index (κ2) is 9.47. The minimum Gasteiger partial charge on any atom is -0.444 e. The van der Waals surface area contributed by atoms with Gasteiger partial charge in [0.2, 0.25) is 5.91 Å². The molecule has 0 aliphatic carbocycles. The third-order valence-corrected chi connectivity index (χ3v) is 4.55. The molecule has 2 amide bonds. The van der Waals surface area contributed by atoms with Gasteiger partial charge in [-0.05, 0) is 69.9 Å². The van der Waals surface area contributed by atoms with Crippen molar-refractivity contribution in [2.45, 2.75) is 12.5 Å². The van der Waals surface area contributed by atoms with Crippen molar-refractivity contribution in [1.82, 2.24) is 10.6 Å². The first-order valence-corrected chi connectivity index (χ1v) is 9.53. The first-order chi connectivity index (χ1) is 13.9. The molecule has 0 saturated heterocycles. The summed E-state index contributed by atoms with van der Waals surface area (Å²) in [7, 11) is 0. The van der Waals surface area contributed by atoms with E-state index in [1.54, 1.807) is 24.3 Å². The minimum absolute atomic E-state index is 0.0612. The van der Waals surface area contributed by atoms with Gasteiger partial charge >= 0.3 is 0 Å². The number of nitrogens with one attached hydrogen (secondary N) is 2. The highest BCUT2D eigenvalue weighted by Crippen LogP contribution is 2.20. The number of benzene rings is 2. The van der Waals surface area contributed by atoms with Gasteiger partial charge in [-0.3, -0.25) is 9.59 Å². The molecular formula is C21H17BrF2N2O3. The molecule has 5 nitrogen and oxygen atoms in total. The van der Waals surface area contributed by atoms with E-state index in [9.17, 15) is 18.4 Å². The summed E-state index contributed by atoms with van der Waals surface area (Å²) >= 11 is 3.10. The molecule has 0 aliphatic heterocycles. The van der Waals surface area contributed by atoms with Crippen LogP contribution in [0.1, 0.15) is 27.7 Å². The summed E-state index contributed by atoms with van der Waals surface area (Å²) in [5, 5.41) is 5.21. The molecule has 0 spiro atoms. The van der Waals surface area contributed by atoms with E-state index in [0.29, 0.717) is 15.8 Å². The fourth-order valence-electron chi connectivity index (χ4n) is 2.80. The predicted octanol–water partition coefficient (Wildman–Crippen LogP) is 4.15. The van der Waals surface area contributed by atoms with Crippen LogP contribution < -0.4 is 10.6 Å². The Morgan fingerprint density at radius 1 is 1.00 bits per heavy atom. The normalized spacial score (nSPS) is 11.7. The molecule has 29 heavy (non-hydrogen) atoms. The van der Waals surface area contributed by atoms with Crippen molar-refractivity contribution in [2.24, 2.45) is 0 Å². The molecule has 0 bridgehead atoms. The third kappa shape index (κ3) is 5.99. The van der Waals surface area contributed by atoms with Crippen molar-refractivity contribution in [2.75, 3.05) is 6.54 Å². The maximum atomic E-state index is 13.7. The van der Waals surface area contributed by atoms with E-state index in [2.05, 4.69) is 26.6 Å². The van der Waals surface area contributed by atoms with Gasteiger partial charge in [-0.2, -0.15) is 0 Å². The molecule has 1 aromatic heterocycles. The van der Waals surface area contributed by atoms with Gasteiger partial charge in [0.15, 0.2) is 10.4 Å². The second-order valence-corrected chi connectivity index (χ2v) is 7.08. The van der Waals surface area contributed by atoms with E-state index >= 15 is 0 Å². The Balaban J connectivity index is 1.68. The number of amides is 2. The zero-order chi connectivity index (χ0) is 20.8. The summed E-state index contributed by atoms with van der Waals surface area (Å²) < 4.78 is 32.7. The lowest BCUT2D eigenvalue weighted by atomic mass is 9.98. The molecule has 2 aromatic carbocycles. The third-order valence-electron chi connectivity index (χ3n) is 4.12. The minimum atomic E-state index is -0.602. The quantitative estimate of drug-likeness (QED) is 0.553. The van der Waals surface area contributed by atoms with Crippen LogP contribution in [0.3, 0.4) is 0 Å². The fraction of sp³-hybridized carbons (Fsp3) is 0.143. The van der Waals surface area contributed by atoms with Gasteiger partial charge < -0.3 is 15.1 Å². The highest BCUT2D eigenvalue weighted by Gasteiger charge is 2.18. The molecule has 150 valence electrons. The van der Waals surface area contributed by atoms with Gasteiger partial charge in [0.05, 0.1) is 12.6 Å². The average molecular weight is 463 g/mol. The monoisotopic (exact) mass is 462 g/mol. The molecule has 0 fully saturated rings. The standard InChI is InChI=1S/C21H17BrF2N2O3/c22-19-8-7-18(29-19)21(28)25-12-20(27)26-17(14-4-2-6-16(24)11-14)10-13-3-1-5-15(23)9-13/h1-9,11,17H,10,12H2,(H,25,28)(H,26,27)/t17-/m1/s1. The van der Waals surface area contributed by atoms with E-state index in [4.69, 9.17) is 4.42 Å². The molecule has 0 unspecified atom stereocenters. The van der Waals surface area contributed by atoms with Crippen molar-refractivity contribution in [3.05, 3.63) is 93.9 Å². The Morgan fingerprint density at radius 2 is 1.72 bits per heavy atom. The van der Waals surface area contributed by atoms with E-state index in [-0.39, 0.29) is 18.7 Å². The molecular weight excluding hydrogens is 446 g/mol. The zero-order valence-corrected chi connectivity index (χ0v) is 16.7. The van der Waals surface area contributed by atoms with E-state index in [1.165, 1.54) is 36.4 Å². The number of carbonyl (C=O) groups excluding carboxylic acids is 2. The van der Waals surface area contributed by atoms with Gasteiger partial charge in [0.25, 0.3) is 5.91 Å². The predicted molar refractivity (Wildman–Crippen MR) is 106 cm³/mol. The maximum absolute atomic E-state index is 13.7. The number of halogens is 3. The second-order valence-electron chi connectivity index (χ2n) is 6.30. The number of hydrogen-bond acceptors (Lipinski definition) is 3. The Kier molecular flexibility index (Phi) is 6.77. The molecule has 0 saturated carbocycles. The molecule has 0 radical (unpaired) electrons. The topological polar surface area (TPSA) is 71.3 Å². The number of furan rings is 1. The molecule has 1 atom stereocenters. The van der Waals surface area contributed by atoms with Crippen LogP contribution in [0.25, 0.3) is 0 Å². The molecule has 2 N–H and O–H groups in total. The maximum Gasteiger partial charge on any atom is 0.287 e. The lowest BCUT2D eigenvalue weighted by Crippen LogP contribution is -2.39. The van der Waals surface area contributed by atoms with Crippen molar-refractivity contribution in [1.29, 1.82) is 0 Å². The summed E-state index contributed by atoms with van der Waals surface area (Å²) in [5.41, 5.74) is 1.17. The Hall–Kier alpha value is -3.00. The Bertz CT molecular complexity index is 1020. The largest absolute Gasteiger partial charge is 0.444 e. The van der Waals surface area contributed by atoms with Crippen LogP contribution in [0.15, 0.2) is 69.8 Å². The molecule has 0 aliphatic rings. The molecule has 3 rings (SSSR count). The molecule has 1 heterocycles. The van der Waals surface area contributed by atoms with Gasteiger partial charge in [-0.1, -0.05) is 24.3 Å². The van der Waals surface area contributed by atoms with Crippen molar-refractivity contribution in [3.8, 4) is 0 Å². The summed E-state index contributed by atoms with van der Waals surface area (Å²) in [5.74, 6) is -1.81. The van der Waals surface area contributed by atoms with Crippen LogP contribution in [0.4, 0.5) is 8.78 Å². The number of rotatable bonds is 7. The Morgan fingerprint density at radius 3 is 2.38 bits per heavy atom. The fourth-order valence-corrected chi connectivity index (χ4v) is 3.11. The Labute approximate surface area is 174 Å². The zero-order valence-electron chi connectivity index (χ0n) is 15.1. The highest BCUT2D eigenvalue weighted by atomic mass is 79.9. The smallest absolute Gasteiger partial charge is 0.287 e. The molecule has 3 aromatic rings. The summed E-state index contributed by atoms with van der Waals surface area (Å²) in [4.78, 5) is 24.4. The molecule has 8 heteroatoms. The number of carbonyl (C=O) groups is 2. The van der Waals surface area contributed by atoms with Crippen LogP contribution in [0.2, 0.25) is 0 Å². The summed E-state index contributed by atoms with van der Waals surface area (Å²) in [6.45, 7) is -0.299. The van der Waals surface area contributed by atoms with Crippen molar-refractivity contribution in [3.63, 3.8) is 0 Å². The van der Waals surface area contributed by atoms with Gasteiger partial charge in [-0.25, -0.2) is 8.78 Å².